The third kappa shape index (κ3) is 6.03. The Morgan fingerprint density at radius 2 is 1.89 bits per heavy atom. The van der Waals surface area contributed by atoms with Gasteiger partial charge in [-0.2, -0.15) is 33.7 Å². The molecule has 0 rings (SSSR count). The van der Waals surface area contributed by atoms with Crippen LogP contribution in [0.15, 0.2) is 0 Å². The Labute approximate surface area is 87.5 Å². The van der Waals surface area contributed by atoms with Crippen molar-refractivity contribution in [2.75, 3.05) is 5.75 Å². The van der Waals surface area contributed by atoms with Crippen LogP contribution in [0.25, 0.3) is 0 Å². The molecule has 0 aliphatic heterocycles. The molecule has 1 atom stereocenters. The van der Waals surface area contributed by atoms with Gasteiger partial charge in [0, 0.05) is 5.75 Å². The summed E-state index contributed by atoms with van der Waals surface area (Å²) >= 11 is 7.09. The molecule has 9 heavy (non-hydrogen) atoms. The van der Waals surface area contributed by atoms with E-state index in [4.69, 9.17) is 4.55 Å². The van der Waals surface area contributed by atoms with E-state index in [9.17, 15) is 8.42 Å². The van der Waals surface area contributed by atoms with E-state index in [-0.39, 0.29) is 35.3 Å². The zero-order valence-electron chi connectivity index (χ0n) is 3.85. The van der Waals surface area contributed by atoms with Gasteiger partial charge in [-0.3, -0.25) is 4.55 Å². The molecule has 0 radical (unpaired) electrons. The summed E-state index contributed by atoms with van der Waals surface area (Å²) in [6.07, 6.45) is 0. The molecule has 0 fully saturated rings. The predicted molar refractivity (Wildman–Crippen MR) is 45.3 cm³/mol. The fourth-order valence-electron chi connectivity index (χ4n) is 0.0942. The minimum atomic E-state index is -3.97. The summed E-state index contributed by atoms with van der Waals surface area (Å²) in [5.41, 5.74) is 0. The van der Waals surface area contributed by atoms with Gasteiger partial charge in [-0.25, -0.2) is 0 Å². The van der Waals surface area contributed by atoms with Crippen molar-refractivity contribution in [3.05, 3.63) is 0 Å². The summed E-state index contributed by atoms with van der Waals surface area (Å²) in [6.45, 7) is 0. The molecule has 3 nitrogen and oxygen atoms in total. The van der Waals surface area contributed by atoms with Crippen LogP contribution in [0.4, 0.5) is 0 Å². The fraction of sp³-hybridized carbons (Fsp3) is 1.00. The van der Waals surface area contributed by atoms with Crippen LogP contribution in [0.1, 0.15) is 0 Å². The molecule has 0 saturated carbocycles. The van der Waals surface area contributed by atoms with Gasteiger partial charge in [-0.05, 0) is 0 Å². The van der Waals surface area contributed by atoms with Gasteiger partial charge < -0.3 is 0 Å². The topological polar surface area (TPSA) is 54.4 Å². The number of thiol groups is 2. The molecule has 0 saturated heterocycles. The van der Waals surface area contributed by atoms with Crippen LogP contribution in [-0.2, 0) is 10.1 Å². The van der Waals surface area contributed by atoms with Crippen molar-refractivity contribution in [1.82, 2.24) is 0 Å². The molecule has 0 spiro atoms. The molecule has 52 valence electrons. The summed E-state index contributed by atoms with van der Waals surface area (Å²) in [4.78, 5) is 0. The number of rotatable bonds is 2. The zero-order chi connectivity index (χ0) is 6.78. The van der Waals surface area contributed by atoms with Crippen molar-refractivity contribution in [2.24, 2.45) is 0 Å². The van der Waals surface area contributed by atoms with Crippen molar-refractivity contribution in [3.8, 4) is 0 Å². The second kappa shape index (κ2) is 5.29. The van der Waals surface area contributed by atoms with E-state index in [1.54, 1.807) is 0 Å². The molecule has 0 aliphatic rings. The Bertz CT molecular complexity index is 152. The van der Waals surface area contributed by atoms with Gasteiger partial charge in [-0.15, -0.1) is 0 Å². The van der Waals surface area contributed by atoms with Crippen molar-refractivity contribution in [2.45, 2.75) is 4.58 Å². The normalized spacial score (nSPS) is 14.1. The third-order valence-corrected chi connectivity index (χ3v) is 3.24. The van der Waals surface area contributed by atoms with Crippen LogP contribution in [0.3, 0.4) is 0 Å². The molecule has 0 bridgehead atoms. The molecule has 0 aromatic rings. The fourth-order valence-corrected chi connectivity index (χ4v) is 0.848. The van der Waals surface area contributed by atoms with E-state index in [1.165, 1.54) is 0 Å². The van der Waals surface area contributed by atoms with Crippen molar-refractivity contribution >= 4 is 64.9 Å². The molecule has 7 heteroatoms. The number of hydrogen-bond acceptors (Lipinski definition) is 4. The van der Waals surface area contributed by atoms with Crippen molar-refractivity contribution in [3.63, 3.8) is 0 Å². The van der Waals surface area contributed by atoms with E-state index in [2.05, 4.69) is 25.3 Å². The first-order chi connectivity index (χ1) is 3.48. The van der Waals surface area contributed by atoms with E-state index >= 15 is 0 Å². The van der Waals surface area contributed by atoms with Crippen LogP contribution in [0.5, 0.6) is 0 Å². The predicted octanol–water partition coefficient (Wildman–Crippen LogP) is -0.589. The molecular formula is C2H7NaO3S3. The number of hydrogen-bond donors (Lipinski definition) is 3. The standard InChI is InChI=1S/C2H6O3S3.Na.H/c3-8(4,5)2(7)1-6;;/h2,6-7H,1H2,(H,3,4,5);;. The van der Waals surface area contributed by atoms with Crippen LogP contribution >= 0.6 is 25.3 Å². The van der Waals surface area contributed by atoms with Gasteiger partial charge in [0.2, 0.25) is 0 Å². The maximum atomic E-state index is 9.99. The Kier molecular flexibility index (Phi) is 7.76. The van der Waals surface area contributed by atoms with Crippen LogP contribution in [0, 0.1) is 0 Å². The van der Waals surface area contributed by atoms with Gasteiger partial charge >= 0.3 is 29.6 Å². The third-order valence-electron chi connectivity index (χ3n) is 0.500. The summed E-state index contributed by atoms with van der Waals surface area (Å²) in [7, 11) is -3.97. The van der Waals surface area contributed by atoms with Crippen LogP contribution in [-0.4, -0.2) is 52.9 Å². The Balaban J connectivity index is 0. The van der Waals surface area contributed by atoms with Crippen molar-refractivity contribution in [1.29, 1.82) is 0 Å². The second-order valence-electron chi connectivity index (χ2n) is 1.15. The van der Waals surface area contributed by atoms with Gasteiger partial charge in [0.1, 0.15) is 4.58 Å². The van der Waals surface area contributed by atoms with Crippen molar-refractivity contribution < 1.29 is 13.0 Å². The summed E-state index contributed by atoms with van der Waals surface area (Å²) in [6, 6.07) is 0. The molecule has 1 unspecified atom stereocenters. The maximum absolute atomic E-state index is 9.99. The Hall–Kier alpha value is 1.61. The summed E-state index contributed by atoms with van der Waals surface area (Å²) < 4.78 is 27.1. The summed E-state index contributed by atoms with van der Waals surface area (Å²) in [5, 5.41) is 0. The molecule has 0 amide bonds. The average molecular weight is 198 g/mol. The summed E-state index contributed by atoms with van der Waals surface area (Å²) in [5.74, 6) is 0.0158. The second-order valence-corrected chi connectivity index (χ2v) is 4.09. The molecule has 1 N–H and O–H groups in total. The first-order valence-corrected chi connectivity index (χ1v) is 4.39. The molecular weight excluding hydrogens is 191 g/mol. The van der Waals surface area contributed by atoms with E-state index in [0.29, 0.717) is 0 Å². The minimum absolute atomic E-state index is 0. The van der Waals surface area contributed by atoms with E-state index in [0.717, 1.165) is 0 Å². The Morgan fingerprint density at radius 1 is 1.56 bits per heavy atom. The SMILES string of the molecule is O=S(=O)(O)C(S)CS.[NaH]. The first kappa shape index (κ1) is 13.2. The first-order valence-electron chi connectivity index (χ1n) is 1.73. The van der Waals surface area contributed by atoms with Gasteiger partial charge in [0.05, 0.1) is 0 Å². The van der Waals surface area contributed by atoms with Gasteiger partial charge in [0.25, 0.3) is 10.1 Å². The van der Waals surface area contributed by atoms with Gasteiger partial charge in [-0.1, -0.05) is 0 Å². The molecule has 0 aromatic carbocycles. The van der Waals surface area contributed by atoms with Crippen LogP contribution in [0.2, 0.25) is 0 Å². The molecule has 0 heterocycles. The zero-order valence-corrected chi connectivity index (χ0v) is 6.46. The quantitative estimate of drug-likeness (QED) is 0.316. The van der Waals surface area contributed by atoms with E-state index in [1.807, 2.05) is 0 Å². The Morgan fingerprint density at radius 3 is 1.89 bits per heavy atom. The van der Waals surface area contributed by atoms with Gasteiger partial charge in [0.15, 0.2) is 0 Å². The average Bonchev–Trinajstić information content (AvgIpc) is 1.62. The van der Waals surface area contributed by atoms with Crippen LogP contribution < -0.4 is 0 Å². The molecule has 0 aliphatic carbocycles. The van der Waals surface area contributed by atoms with E-state index < -0.39 is 14.7 Å². The monoisotopic (exact) mass is 198 g/mol. The molecule has 0 aromatic heterocycles.